The molecule has 70 valence electrons. The van der Waals surface area contributed by atoms with Gasteiger partial charge in [0.1, 0.15) is 0 Å². The smallest absolute Gasteiger partial charge is 0.338 e. The maximum Gasteiger partial charge on any atom is 0.338 e. The van der Waals surface area contributed by atoms with Gasteiger partial charge >= 0.3 is 5.97 Å². The lowest BCUT2D eigenvalue weighted by atomic mass is 10.2. The van der Waals surface area contributed by atoms with Crippen molar-refractivity contribution >= 4 is 21.9 Å². The summed E-state index contributed by atoms with van der Waals surface area (Å²) < 4.78 is 18.3. The van der Waals surface area contributed by atoms with E-state index in [1.807, 2.05) is 0 Å². The van der Waals surface area contributed by atoms with Crippen molar-refractivity contribution in [1.29, 1.82) is 0 Å². The molecule has 0 aliphatic carbocycles. The van der Waals surface area contributed by atoms with Crippen molar-refractivity contribution in [2.24, 2.45) is 0 Å². The van der Waals surface area contributed by atoms with Crippen molar-refractivity contribution in [3.8, 4) is 5.75 Å². The normalized spacial score (nSPS) is 9.77. The lowest BCUT2D eigenvalue weighted by Gasteiger charge is -2.05. The highest BCUT2D eigenvalue weighted by molar-refractivity contribution is 9.10. The Balaban J connectivity index is 3.35. The van der Waals surface area contributed by atoms with Crippen molar-refractivity contribution in [2.75, 3.05) is 7.11 Å². The van der Waals surface area contributed by atoms with Crippen LogP contribution in [-0.4, -0.2) is 18.2 Å². The molecule has 0 bridgehead atoms. The molecule has 0 heterocycles. The van der Waals surface area contributed by atoms with Crippen LogP contribution in [0.25, 0.3) is 0 Å². The second-order valence-corrected chi connectivity index (χ2v) is 3.10. The Bertz CT molecular complexity index is 351. The van der Waals surface area contributed by atoms with Gasteiger partial charge < -0.3 is 9.84 Å². The lowest BCUT2D eigenvalue weighted by Crippen LogP contribution is -2.02. The Labute approximate surface area is 82.3 Å². The van der Waals surface area contributed by atoms with E-state index in [1.54, 1.807) is 0 Å². The van der Waals surface area contributed by atoms with E-state index < -0.39 is 17.3 Å². The molecule has 0 amide bonds. The second kappa shape index (κ2) is 3.74. The van der Waals surface area contributed by atoms with Crippen LogP contribution in [0.5, 0.6) is 5.75 Å². The molecule has 1 aromatic rings. The molecular formula is C8H6BrFO3. The standard InChI is InChI=1S/C8H6BrFO3/c1-13-7-5(9)3-2-4(6(7)10)8(11)12/h2-3H,1H3,(H,11,12). The molecule has 0 aromatic heterocycles. The minimum Gasteiger partial charge on any atom is -0.492 e. The average Bonchev–Trinajstić information content (AvgIpc) is 2.04. The Hall–Kier alpha value is -1.10. The topological polar surface area (TPSA) is 46.5 Å². The summed E-state index contributed by atoms with van der Waals surface area (Å²) >= 11 is 3.03. The van der Waals surface area contributed by atoms with Gasteiger partial charge in [-0.2, -0.15) is 0 Å². The average molecular weight is 249 g/mol. The SMILES string of the molecule is COc1c(Br)ccc(C(=O)O)c1F. The Morgan fingerprint density at radius 2 is 2.23 bits per heavy atom. The van der Waals surface area contributed by atoms with E-state index in [-0.39, 0.29) is 5.75 Å². The highest BCUT2D eigenvalue weighted by Crippen LogP contribution is 2.29. The molecule has 0 aliphatic heterocycles. The predicted octanol–water partition coefficient (Wildman–Crippen LogP) is 2.29. The van der Waals surface area contributed by atoms with Gasteiger partial charge in [-0.15, -0.1) is 0 Å². The van der Waals surface area contributed by atoms with Gasteiger partial charge in [0, 0.05) is 0 Å². The number of hydrogen-bond acceptors (Lipinski definition) is 2. The zero-order valence-corrected chi connectivity index (χ0v) is 8.26. The van der Waals surface area contributed by atoms with Gasteiger partial charge in [-0.25, -0.2) is 9.18 Å². The summed E-state index contributed by atoms with van der Waals surface area (Å²) in [5.41, 5.74) is -0.403. The number of ether oxygens (including phenoxy) is 1. The molecule has 13 heavy (non-hydrogen) atoms. The van der Waals surface area contributed by atoms with Crippen molar-refractivity contribution in [2.45, 2.75) is 0 Å². The Morgan fingerprint density at radius 1 is 1.62 bits per heavy atom. The maximum absolute atomic E-state index is 13.2. The molecule has 0 atom stereocenters. The van der Waals surface area contributed by atoms with Crippen LogP contribution >= 0.6 is 15.9 Å². The van der Waals surface area contributed by atoms with Gasteiger partial charge in [0.2, 0.25) is 0 Å². The number of carboxylic acid groups (broad SMARTS) is 1. The zero-order valence-electron chi connectivity index (χ0n) is 6.67. The molecule has 1 N–H and O–H groups in total. The second-order valence-electron chi connectivity index (χ2n) is 2.25. The quantitative estimate of drug-likeness (QED) is 0.874. The first-order valence-electron chi connectivity index (χ1n) is 3.33. The van der Waals surface area contributed by atoms with Crippen LogP contribution in [-0.2, 0) is 0 Å². The zero-order chi connectivity index (χ0) is 10.0. The minimum atomic E-state index is -1.32. The molecule has 0 spiro atoms. The van der Waals surface area contributed by atoms with Crippen LogP contribution in [0.3, 0.4) is 0 Å². The van der Waals surface area contributed by atoms with E-state index in [0.717, 1.165) is 0 Å². The molecule has 1 aromatic carbocycles. The number of aromatic carboxylic acids is 1. The Kier molecular flexibility index (Phi) is 2.87. The van der Waals surface area contributed by atoms with Gasteiger partial charge in [-0.3, -0.25) is 0 Å². The predicted molar refractivity (Wildman–Crippen MR) is 47.6 cm³/mol. The number of benzene rings is 1. The third kappa shape index (κ3) is 1.80. The van der Waals surface area contributed by atoms with Crippen LogP contribution in [0.1, 0.15) is 10.4 Å². The molecule has 0 saturated heterocycles. The molecular weight excluding hydrogens is 243 g/mol. The van der Waals surface area contributed by atoms with E-state index >= 15 is 0 Å². The highest BCUT2D eigenvalue weighted by atomic mass is 79.9. The molecule has 0 unspecified atom stereocenters. The first-order valence-corrected chi connectivity index (χ1v) is 4.12. The largest absolute Gasteiger partial charge is 0.492 e. The third-order valence-electron chi connectivity index (χ3n) is 1.48. The Morgan fingerprint density at radius 3 is 2.69 bits per heavy atom. The summed E-state index contributed by atoms with van der Waals surface area (Å²) in [5.74, 6) is -2.28. The van der Waals surface area contributed by atoms with E-state index in [9.17, 15) is 9.18 Å². The minimum absolute atomic E-state index is 0.0973. The molecule has 0 fully saturated rings. The number of halogens is 2. The fourth-order valence-corrected chi connectivity index (χ4v) is 1.35. The van der Waals surface area contributed by atoms with Crippen molar-refractivity contribution in [1.82, 2.24) is 0 Å². The summed E-state index contributed by atoms with van der Waals surface area (Å²) in [7, 11) is 1.27. The number of hydrogen-bond donors (Lipinski definition) is 1. The molecule has 0 radical (unpaired) electrons. The third-order valence-corrected chi connectivity index (χ3v) is 2.11. The summed E-state index contributed by atoms with van der Waals surface area (Å²) in [6.07, 6.45) is 0. The van der Waals surface area contributed by atoms with Crippen molar-refractivity contribution < 1.29 is 19.0 Å². The lowest BCUT2D eigenvalue weighted by molar-refractivity contribution is 0.0691. The first kappa shape index (κ1) is 9.98. The van der Waals surface area contributed by atoms with Gasteiger partial charge in [0.25, 0.3) is 0 Å². The first-order chi connectivity index (χ1) is 6.07. The number of carbonyl (C=O) groups is 1. The fourth-order valence-electron chi connectivity index (χ4n) is 0.885. The van der Waals surface area contributed by atoms with E-state index in [1.165, 1.54) is 19.2 Å². The molecule has 0 aliphatic rings. The van der Waals surface area contributed by atoms with Gasteiger partial charge in [-0.1, -0.05) is 0 Å². The summed E-state index contributed by atoms with van der Waals surface area (Å²) in [4.78, 5) is 10.5. The fraction of sp³-hybridized carbons (Fsp3) is 0.125. The van der Waals surface area contributed by atoms with Gasteiger partial charge in [0.05, 0.1) is 17.1 Å². The summed E-state index contributed by atoms with van der Waals surface area (Å²) in [6, 6.07) is 2.59. The number of carboxylic acids is 1. The molecule has 3 nitrogen and oxygen atoms in total. The van der Waals surface area contributed by atoms with Crippen LogP contribution in [0.2, 0.25) is 0 Å². The van der Waals surface area contributed by atoms with Crippen molar-refractivity contribution in [3.63, 3.8) is 0 Å². The van der Waals surface area contributed by atoms with E-state index in [4.69, 9.17) is 5.11 Å². The van der Waals surface area contributed by atoms with Gasteiger partial charge in [0.15, 0.2) is 11.6 Å². The maximum atomic E-state index is 13.2. The summed E-state index contributed by atoms with van der Waals surface area (Å²) in [6.45, 7) is 0. The number of methoxy groups -OCH3 is 1. The molecule has 0 saturated carbocycles. The summed E-state index contributed by atoms with van der Waals surface area (Å²) in [5, 5.41) is 8.57. The van der Waals surface area contributed by atoms with Crippen LogP contribution in [0, 0.1) is 5.82 Å². The van der Waals surface area contributed by atoms with Crippen LogP contribution in [0.4, 0.5) is 4.39 Å². The molecule has 5 heteroatoms. The highest BCUT2D eigenvalue weighted by Gasteiger charge is 2.16. The van der Waals surface area contributed by atoms with E-state index in [2.05, 4.69) is 20.7 Å². The van der Waals surface area contributed by atoms with Crippen LogP contribution in [0.15, 0.2) is 16.6 Å². The van der Waals surface area contributed by atoms with E-state index in [0.29, 0.717) is 4.47 Å². The monoisotopic (exact) mass is 248 g/mol. The van der Waals surface area contributed by atoms with Gasteiger partial charge in [-0.05, 0) is 28.1 Å². The number of rotatable bonds is 2. The molecule has 1 rings (SSSR count). The van der Waals surface area contributed by atoms with Crippen LogP contribution < -0.4 is 4.74 Å². The van der Waals surface area contributed by atoms with Crippen molar-refractivity contribution in [3.05, 3.63) is 28.0 Å².